The Kier molecular flexibility index (Phi) is 28.0. The third-order valence-electron chi connectivity index (χ3n) is 1.40. The van der Waals surface area contributed by atoms with Gasteiger partial charge in [-0.15, -0.1) is 0 Å². The van der Waals surface area contributed by atoms with E-state index in [1.807, 2.05) is 0 Å². The van der Waals surface area contributed by atoms with Gasteiger partial charge in [0, 0.05) is 18.2 Å². The van der Waals surface area contributed by atoms with Gasteiger partial charge in [0.25, 0.3) is 0 Å². The number of hydrogen-bond donors (Lipinski definition) is 5. The van der Waals surface area contributed by atoms with Crippen molar-refractivity contribution in [3.63, 3.8) is 0 Å². The molecule has 0 aromatic carbocycles. The summed E-state index contributed by atoms with van der Waals surface area (Å²) in [4.78, 5) is 27.8. The van der Waals surface area contributed by atoms with Gasteiger partial charge < -0.3 is 30.3 Å². The standard InChI is InChI=1S/C6H14O3.3C3H4O2/c1-5(8)4-9-6(2)3-7;3*1-2-3(4)5/h5-8H,3-4H2,1-2H3;3*2H,1H2,(H,4,5). The van der Waals surface area contributed by atoms with Gasteiger partial charge in [-0.05, 0) is 13.8 Å². The highest BCUT2D eigenvalue weighted by Crippen LogP contribution is 1.90. The van der Waals surface area contributed by atoms with Crippen LogP contribution in [0.15, 0.2) is 38.0 Å². The van der Waals surface area contributed by atoms with Gasteiger partial charge in [-0.25, -0.2) is 14.4 Å². The molecule has 0 heterocycles. The van der Waals surface area contributed by atoms with Gasteiger partial charge in [0.05, 0.1) is 25.4 Å². The summed E-state index contributed by atoms with van der Waals surface area (Å²) in [6, 6.07) is 0. The van der Waals surface area contributed by atoms with Crippen molar-refractivity contribution in [2.45, 2.75) is 26.1 Å². The van der Waals surface area contributed by atoms with Crippen LogP contribution in [0.3, 0.4) is 0 Å². The summed E-state index contributed by atoms with van der Waals surface area (Å²) in [7, 11) is 0. The van der Waals surface area contributed by atoms with Gasteiger partial charge in [-0.2, -0.15) is 0 Å². The Labute approximate surface area is 140 Å². The minimum Gasteiger partial charge on any atom is -0.478 e. The predicted octanol–water partition coefficient (Wildman–Crippen LogP) is 0.536. The molecular weight excluding hydrogens is 324 g/mol. The van der Waals surface area contributed by atoms with Crippen molar-refractivity contribution in [2.24, 2.45) is 0 Å². The average Bonchev–Trinajstić information content (AvgIpc) is 2.53. The van der Waals surface area contributed by atoms with E-state index in [1.54, 1.807) is 13.8 Å². The maximum Gasteiger partial charge on any atom is 0.327 e. The first-order chi connectivity index (χ1) is 11.0. The molecule has 5 N–H and O–H groups in total. The van der Waals surface area contributed by atoms with E-state index in [9.17, 15) is 14.4 Å². The second-order valence-corrected chi connectivity index (χ2v) is 3.80. The van der Waals surface area contributed by atoms with Crippen molar-refractivity contribution in [3.05, 3.63) is 38.0 Å². The van der Waals surface area contributed by atoms with Crippen LogP contribution in [0, 0.1) is 0 Å². The van der Waals surface area contributed by atoms with E-state index in [0.717, 1.165) is 18.2 Å². The lowest BCUT2D eigenvalue weighted by molar-refractivity contribution is -0.132. The zero-order chi connectivity index (χ0) is 20.1. The van der Waals surface area contributed by atoms with E-state index in [-0.39, 0.29) is 12.7 Å². The highest BCUT2D eigenvalue weighted by atomic mass is 16.5. The topological polar surface area (TPSA) is 162 Å². The predicted molar refractivity (Wildman–Crippen MR) is 87.7 cm³/mol. The Morgan fingerprint density at radius 1 is 0.917 bits per heavy atom. The SMILES string of the molecule is C=CC(=O)O.C=CC(=O)O.C=CC(=O)O.CC(O)COC(C)CO. The third-order valence-corrected chi connectivity index (χ3v) is 1.40. The quantitative estimate of drug-likeness (QED) is 0.412. The largest absolute Gasteiger partial charge is 0.478 e. The van der Waals surface area contributed by atoms with E-state index in [0.29, 0.717) is 6.61 Å². The first-order valence-corrected chi connectivity index (χ1v) is 6.44. The van der Waals surface area contributed by atoms with Gasteiger partial charge in [0.15, 0.2) is 0 Å². The van der Waals surface area contributed by atoms with Crippen molar-refractivity contribution in [2.75, 3.05) is 13.2 Å². The van der Waals surface area contributed by atoms with Crippen molar-refractivity contribution < 1.29 is 44.7 Å². The minimum absolute atomic E-state index is 0.00667. The molecule has 24 heavy (non-hydrogen) atoms. The Bertz CT molecular complexity index is 332. The Balaban J connectivity index is -0.000000116. The average molecular weight is 350 g/mol. The van der Waals surface area contributed by atoms with Crippen molar-refractivity contribution in [3.8, 4) is 0 Å². The highest BCUT2D eigenvalue weighted by molar-refractivity contribution is 5.79. The maximum absolute atomic E-state index is 9.25. The lowest BCUT2D eigenvalue weighted by Gasteiger charge is -2.10. The number of hydrogen-bond acceptors (Lipinski definition) is 6. The normalized spacial score (nSPS) is 10.5. The Hall–Kier alpha value is -2.49. The molecule has 2 unspecified atom stereocenters. The summed E-state index contributed by atoms with van der Waals surface area (Å²) in [5.41, 5.74) is 0. The molecule has 0 aromatic heterocycles. The van der Waals surface area contributed by atoms with Gasteiger partial charge in [-0.3, -0.25) is 0 Å². The first kappa shape index (κ1) is 29.5. The molecule has 0 bridgehead atoms. The van der Waals surface area contributed by atoms with E-state index in [4.69, 9.17) is 30.3 Å². The molecule has 0 amide bonds. The molecule has 0 saturated heterocycles. The van der Waals surface area contributed by atoms with Gasteiger partial charge in [0.2, 0.25) is 0 Å². The van der Waals surface area contributed by atoms with E-state index < -0.39 is 24.0 Å². The molecule has 9 heteroatoms. The van der Waals surface area contributed by atoms with Crippen LogP contribution in [-0.2, 0) is 19.1 Å². The zero-order valence-electron chi connectivity index (χ0n) is 13.8. The molecule has 0 fully saturated rings. The van der Waals surface area contributed by atoms with Crippen LogP contribution in [-0.4, -0.2) is 68.9 Å². The van der Waals surface area contributed by atoms with Gasteiger partial charge in [0.1, 0.15) is 0 Å². The second kappa shape index (κ2) is 22.8. The molecule has 0 aromatic rings. The maximum atomic E-state index is 9.25. The fraction of sp³-hybridized carbons (Fsp3) is 0.400. The smallest absolute Gasteiger partial charge is 0.327 e. The number of carboxylic acids is 3. The van der Waals surface area contributed by atoms with Crippen molar-refractivity contribution >= 4 is 17.9 Å². The van der Waals surface area contributed by atoms with Crippen LogP contribution in [0.1, 0.15) is 13.8 Å². The van der Waals surface area contributed by atoms with Crippen molar-refractivity contribution in [1.82, 2.24) is 0 Å². The highest BCUT2D eigenvalue weighted by Gasteiger charge is 2.00. The van der Waals surface area contributed by atoms with Crippen LogP contribution in [0.2, 0.25) is 0 Å². The van der Waals surface area contributed by atoms with Crippen LogP contribution in [0.25, 0.3) is 0 Å². The molecule has 0 aliphatic heterocycles. The van der Waals surface area contributed by atoms with E-state index >= 15 is 0 Å². The number of aliphatic hydroxyl groups is 2. The van der Waals surface area contributed by atoms with Crippen LogP contribution < -0.4 is 0 Å². The molecular formula is C15H26O9. The number of carbonyl (C=O) groups is 3. The fourth-order valence-corrected chi connectivity index (χ4v) is 0.356. The fourth-order valence-electron chi connectivity index (χ4n) is 0.356. The van der Waals surface area contributed by atoms with Crippen LogP contribution in [0.5, 0.6) is 0 Å². The molecule has 0 saturated carbocycles. The summed E-state index contributed by atoms with van der Waals surface area (Å²) < 4.78 is 4.95. The Morgan fingerprint density at radius 3 is 1.29 bits per heavy atom. The molecule has 9 nitrogen and oxygen atoms in total. The van der Waals surface area contributed by atoms with Crippen molar-refractivity contribution in [1.29, 1.82) is 0 Å². The zero-order valence-corrected chi connectivity index (χ0v) is 13.8. The number of ether oxygens (including phenoxy) is 1. The summed E-state index contributed by atoms with van der Waals surface area (Å²) >= 11 is 0. The van der Waals surface area contributed by atoms with Gasteiger partial charge in [-0.1, -0.05) is 19.7 Å². The summed E-state index contributed by atoms with van der Waals surface area (Å²) in [6.45, 7) is 12.6. The Morgan fingerprint density at radius 2 is 1.17 bits per heavy atom. The number of aliphatic hydroxyl groups excluding tert-OH is 2. The molecule has 0 spiro atoms. The summed E-state index contributed by atoms with van der Waals surface area (Å²) in [5.74, 6) is -2.94. The number of aliphatic carboxylic acids is 3. The third kappa shape index (κ3) is 60.5. The van der Waals surface area contributed by atoms with Crippen LogP contribution >= 0.6 is 0 Å². The summed E-state index contributed by atoms with van der Waals surface area (Å²) in [6.07, 6.45) is 1.89. The lowest BCUT2D eigenvalue weighted by atomic mass is 10.4. The lowest BCUT2D eigenvalue weighted by Crippen LogP contribution is -2.19. The second-order valence-electron chi connectivity index (χ2n) is 3.80. The van der Waals surface area contributed by atoms with Crippen LogP contribution in [0.4, 0.5) is 0 Å². The molecule has 140 valence electrons. The first-order valence-electron chi connectivity index (χ1n) is 6.44. The molecule has 0 rings (SSSR count). The van der Waals surface area contributed by atoms with E-state index in [2.05, 4.69) is 19.7 Å². The summed E-state index contributed by atoms with van der Waals surface area (Å²) in [5, 5.41) is 39.9. The monoisotopic (exact) mass is 350 g/mol. The molecule has 2 atom stereocenters. The van der Waals surface area contributed by atoms with E-state index in [1.165, 1.54) is 0 Å². The number of rotatable bonds is 7. The number of carboxylic acid groups (broad SMARTS) is 3. The minimum atomic E-state index is -0.981. The van der Waals surface area contributed by atoms with Gasteiger partial charge >= 0.3 is 17.9 Å². The molecule has 0 aliphatic carbocycles. The molecule has 0 aliphatic rings. The molecule has 0 radical (unpaired) electrons.